The molecule has 0 aliphatic carbocycles. The maximum Gasteiger partial charge on any atom is 1.00 e. The van der Waals surface area contributed by atoms with E-state index in [0.717, 1.165) is 0 Å². The second-order valence-corrected chi connectivity index (χ2v) is 3.11. The summed E-state index contributed by atoms with van der Waals surface area (Å²) in [6.07, 6.45) is 0. The van der Waals surface area contributed by atoms with Gasteiger partial charge in [0, 0.05) is 5.56 Å². The van der Waals surface area contributed by atoms with Gasteiger partial charge in [0.2, 0.25) is 5.91 Å². The zero-order valence-electron chi connectivity index (χ0n) is 8.06. The Kier molecular flexibility index (Phi) is 6.22. The molecule has 0 saturated heterocycles. The van der Waals surface area contributed by atoms with Crippen molar-refractivity contribution in [2.75, 3.05) is 0 Å². The molecule has 0 fully saturated rings. The first-order chi connectivity index (χ1) is 5.61. The molecule has 0 aliphatic heterocycles. The fourth-order valence-corrected chi connectivity index (χ4v) is 1.10. The van der Waals surface area contributed by atoms with Crippen LogP contribution in [0.25, 0.3) is 0 Å². The summed E-state index contributed by atoms with van der Waals surface area (Å²) in [5.74, 6) is -0.551. The minimum atomic E-state index is -2.00. The van der Waals surface area contributed by atoms with Crippen LogP contribution >= 0.6 is 0 Å². The van der Waals surface area contributed by atoms with E-state index < -0.39 is 17.0 Å². The SMILES string of the molecule is NC(=O)c1ccc(S(=O)O)cc1.[H-].[K+]. The normalized spacial score (nSPS) is 11.5. The van der Waals surface area contributed by atoms with Gasteiger partial charge in [-0.1, -0.05) is 0 Å². The predicted molar refractivity (Wildman–Crippen MR) is 45.1 cm³/mol. The number of hydrogen-bond acceptors (Lipinski definition) is 2. The van der Waals surface area contributed by atoms with Gasteiger partial charge in [-0.2, -0.15) is 0 Å². The van der Waals surface area contributed by atoms with Gasteiger partial charge in [0.1, 0.15) is 0 Å². The Balaban J connectivity index is 0. The van der Waals surface area contributed by atoms with E-state index in [1.54, 1.807) is 0 Å². The molecule has 0 radical (unpaired) electrons. The van der Waals surface area contributed by atoms with Crippen LogP contribution < -0.4 is 57.1 Å². The predicted octanol–water partition coefficient (Wildman–Crippen LogP) is -2.52. The van der Waals surface area contributed by atoms with Gasteiger partial charge in [-0.3, -0.25) is 4.79 Å². The van der Waals surface area contributed by atoms with Crippen molar-refractivity contribution in [1.82, 2.24) is 0 Å². The summed E-state index contributed by atoms with van der Waals surface area (Å²) in [6.45, 7) is 0. The van der Waals surface area contributed by atoms with Crippen molar-refractivity contribution in [2.45, 2.75) is 4.90 Å². The number of benzene rings is 1. The number of carbonyl (C=O) groups is 1. The van der Waals surface area contributed by atoms with Gasteiger partial charge < -0.3 is 11.7 Å². The number of carbonyl (C=O) groups excluding carboxylic acids is 1. The Labute approximate surface area is 122 Å². The summed E-state index contributed by atoms with van der Waals surface area (Å²) >= 11 is -2.00. The van der Waals surface area contributed by atoms with Crippen LogP contribution in [0.3, 0.4) is 0 Å². The summed E-state index contributed by atoms with van der Waals surface area (Å²) in [5.41, 5.74) is 5.29. The van der Waals surface area contributed by atoms with Crippen molar-refractivity contribution in [1.29, 1.82) is 0 Å². The summed E-state index contributed by atoms with van der Waals surface area (Å²) in [4.78, 5) is 10.8. The number of rotatable bonds is 2. The van der Waals surface area contributed by atoms with E-state index in [0.29, 0.717) is 5.56 Å². The van der Waals surface area contributed by atoms with Crippen LogP contribution in [-0.2, 0) is 11.1 Å². The maximum absolute atomic E-state index is 10.6. The molecule has 0 saturated carbocycles. The Hall–Kier alpha value is 0.436. The molecular formula is C7H8KNO3S. The molecule has 13 heavy (non-hydrogen) atoms. The Morgan fingerprint density at radius 3 is 2.15 bits per heavy atom. The molecule has 1 aromatic rings. The number of nitrogens with two attached hydrogens (primary N) is 1. The first kappa shape index (κ1) is 13.4. The van der Waals surface area contributed by atoms with Crippen LogP contribution in [0.1, 0.15) is 11.8 Å². The van der Waals surface area contributed by atoms with Crippen LogP contribution in [0.4, 0.5) is 0 Å². The molecule has 0 heterocycles. The van der Waals surface area contributed by atoms with Gasteiger partial charge in [-0.15, -0.1) is 0 Å². The summed E-state index contributed by atoms with van der Waals surface area (Å²) < 4.78 is 19.1. The van der Waals surface area contributed by atoms with Crippen molar-refractivity contribution in [2.24, 2.45) is 5.73 Å². The molecule has 0 spiro atoms. The Morgan fingerprint density at radius 1 is 1.38 bits per heavy atom. The molecule has 1 atom stereocenters. The molecule has 3 N–H and O–H groups in total. The first-order valence-electron chi connectivity index (χ1n) is 3.12. The fourth-order valence-electron chi connectivity index (χ4n) is 0.736. The molecular weight excluding hydrogens is 217 g/mol. The second kappa shape index (κ2) is 6.02. The van der Waals surface area contributed by atoms with E-state index in [1.165, 1.54) is 24.3 Å². The third kappa shape index (κ3) is 3.99. The first-order valence-corrected chi connectivity index (χ1v) is 4.22. The van der Waals surface area contributed by atoms with Crippen molar-refractivity contribution in [3.05, 3.63) is 29.8 Å². The zero-order valence-corrected chi connectivity index (χ0v) is 11.0. The van der Waals surface area contributed by atoms with Gasteiger partial charge in [-0.05, 0) is 24.3 Å². The molecule has 0 aromatic heterocycles. The van der Waals surface area contributed by atoms with Gasteiger partial charge >= 0.3 is 51.4 Å². The van der Waals surface area contributed by atoms with Crippen molar-refractivity contribution in [3.8, 4) is 0 Å². The minimum absolute atomic E-state index is 0. The van der Waals surface area contributed by atoms with E-state index in [4.69, 9.17) is 10.3 Å². The molecule has 0 bridgehead atoms. The smallest absolute Gasteiger partial charge is 1.00 e. The quantitative estimate of drug-likeness (QED) is 0.431. The molecule has 1 aromatic carbocycles. The fraction of sp³-hybridized carbons (Fsp3) is 0. The number of primary amides is 1. The van der Waals surface area contributed by atoms with E-state index >= 15 is 0 Å². The van der Waals surface area contributed by atoms with E-state index in [1.807, 2.05) is 0 Å². The number of hydrogen-bond donors (Lipinski definition) is 2. The molecule has 1 unspecified atom stereocenters. The van der Waals surface area contributed by atoms with Crippen LogP contribution in [0.15, 0.2) is 29.2 Å². The molecule has 0 aliphatic rings. The average Bonchev–Trinajstić information content (AvgIpc) is 2.04. The third-order valence-electron chi connectivity index (χ3n) is 1.34. The van der Waals surface area contributed by atoms with Gasteiger partial charge in [-0.25, -0.2) is 4.21 Å². The molecule has 4 nitrogen and oxygen atoms in total. The summed E-state index contributed by atoms with van der Waals surface area (Å²) in [6, 6.07) is 5.59. The van der Waals surface area contributed by atoms with Crippen molar-refractivity contribution in [3.63, 3.8) is 0 Å². The molecule has 66 valence electrons. The van der Waals surface area contributed by atoms with Gasteiger partial charge in [0.25, 0.3) is 0 Å². The summed E-state index contributed by atoms with van der Waals surface area (Å²) in [5, 5.41) is 0. The van der Waals surface area contributed by atoms with Crippen molar-refractivity contribution >= 4 is 17.0 Å². The maximum atomic E-state index is 10.6. The standard InChI is InChI=1S/C7H7NO3S.K.H/c8-7(9)5-1-3-6(4-2-5)12(10)11;;/h1-4H,(H2,8,9)(H,10,11);;/q;+1;-1. The molecule has 1 amide bonds. The molecule has 1 rings (SSSR count). The summed E-state index contributed by atoms with van der Waals surface area (Å²) in [7, 11) is 0. The van der Waals surface area contributed by atoms with Crippen LogP contribution in [0.5, 0.6) is 0 Å². The van der Waals surface area contributed by atoms with E-state index in [-0.39, 0.29) is 57.7 Å². The largest absolute Gasteiger partial charge is 1.00 e. The van der Waals surface area contributed by atoms with E-state index in [9.17, 15) is 9.00 Å². The Morgan fingerprint density at radius 2 is 1.85 bits per heavy atom. The minimum Gasteiger partial charge on any atom is -1.00 e. The number of amides is 1. The van der Waals surface area contributed by atoms with E-state index in [2.05, 4.69) is 0 Å². The van der Waals surface area contributed by atoms with Crippen LogP contribution in [0.2, 0.25) is 0 Å². The van der Waals surface area contributed by atoms with Gasteiger partial charge in [0.05, 0.1) is 4.90 Å². The van der Waals surface area contributed by atoms with Crippen LogP contribution in [-0.4, -0.2) is 14.7 Å². The second-order valence-electron chi connectivity index (χ2n) is 2.14. The zero-order chi connectivity index (χ0) is 9.14. The Bertz CT molecular complexity index is 297. The third-order valence-corrected chi connectivity index (χ3v) is 2.02. The topological polar surface area (TPSA) is 80.4 Å². The van der Waals surface area contributed by atoms with Gasteiger partial charge in [0.15, 0.2) is 11.1 Å². The van der Waals surface area contributed by atoms with Crippen LogP contribution in [0, 0.1) is 0 Å². The monoisotopic (exact) mass is 225 g/mol. The van der Waals surface area contributed by atoms with Crippen molar-refractivity contribution < 1.29 is 66.4 Å². The molecule has 6 heteroatoms. The average molecular weight is 225 g/mol.